The van der Waals surface area contributed by atoms with Crippen molar-refractivity contribution in [2.45, 2.75) is 64.7 Å². The van der Waals surface area contributed by atoms with E-state index in [2.05, 4.69) is 30.9 Å². The van der Waals surface area contributed by atoms with Crippen LogP contribution in [-0.2, 0) is 0 Å². The molecule has 0 bridgehead atoms. The van der Waals surface area contributed by atoms with Gasteiger partial charge in [0, 0.05) is 13.0 Å². The highest BCUT2D eigenvalue weighted by Gasteiger charge is 2.06. The van der Waals surface area contributed by atoms with Crippen LogP contribution in [0.15, 0.2) is 53.5 Å². The summed E-state index contributed by atoms with van der Waals surface area (Å²) < 4.78 is 10.8. The van der Waals surface area contributed by atoms with Crippen LogP contribution in [0.4, 0.5) is 0 Å². The molecule has 25 heavy (non-hydrogen) atoms. The Labute approximate surface area is 152 Å². The molecule has 0 N–H and O–H groups in total. The van der Waals surface area contributed by atoms with Gasteiger partial charge in [-0.25, -0.2) is 0 Å². The van der Waals surface area contributed by atoms with E-state index in [1.165, 1.54) is 45.4 Å². The highest BCUT2D eigenvalue weighted by molar-refractivity contribution is 5.91. The SMILES string of the molecule is C=CC/C=C/C/C=C/CCCCCCCCOc1ccc(C(C)=O)o1. The van der Waals surface area contributed by atoms with E-state index in [9.17, 15) is 4.79 Å². The molecule has 138 valence electrons. The number of furan rings is 1. The molecular formula is C22H32O3. The first-order valence-corrected chi connectivity index (χ1v) is 9.38. The zero-order chi connectivity index (χ0) is 18.2. The molecular weight excluding hydrogens is 312 g/mol. The van der Waals surface area contributed by atoms with Crippen molar-refractivity contribution in [2.24, 2.45) is 0 Å². The van der Waals surface area contributed by atoms with E-state index in [4.69, 9.17) is 9.15 Å². The van der Waals surface area contributed by atoms with Gasteiger partial charge in [0.2, 0.25) is 0 Å². The van der Waals surface area contributed by atoms with Crippen LogP contribution in [0.3, 0.4) is 0 Å². The molecule has 3 heteroatoms. The number of ketones is 1. The third kappa shape index (κ3) is 11.2. The van der Waals surface area contributed by atoms with E-state index < -0.39 is 0 Å². The number of hydrogen-bond acceptors (Lipinski definition) is 3. The molecule has 0 aliphatic heterocycles. The lowest BCUT2D eigenvalue weighted by atomic mass is 10.1. The zero-order valence-electron chi connectivity index (χ0n) is 15.5. The Bertz CT molecular complexity index is 537. The number of carbonyl (C=O) groups excluding carboxylic acids is 1. The maximum atomic E-state index is 11.1. The monoisotopic (exact) mass is 344 g/mol. The lowest BCUT2D eigenvalue weighted by Crippen LogP contribution is -1.96. The van der Waals surface area contributed by atoms with Crippen molar-refractivity contribution >= 4 is 5.78 Å². The summed E-state index contributed by atoms with van der Waals surface area (Å²) in [5.74, 6) is 0.724. The Hall–Kier alpha value is -2.03. The van der Waals surface area contributed by atoms with E-state index in [1.54, 1.807) is 12.1 Å². The molecule has 3 nitrogen and oxygen atoms in total. The first kappa shape index (κ1) is 21.0. The summed E-state index contributed by atoms with van der Waals surface area (Å²) in [6.07, 6.45) is 21.2. The molecule has 0 aliphatic rings. The molecule has 0 atom stereocenters. The molecule has 0 amide bonds. The minimum atomic E-state index is -0.0751. The third-order valence-corrected chi connectivity index (χ3v) is 3.85. The standard InChI is InChI=1S/C22H32O3/c1-3-4-5-6-7-8-9-10-11-12-13-14-15-16-19-24-22-18-17-21(25-22)20(2)23/h3,5-6,8-9,17-18H,1,4,7,10-16,19H2,2H3/b6-5+,9-8+. The molecule has 1 aromatic rings. The van der Waals surface area contributed by atoms with Crippen LogP contribution in [0.25, 0.3) is 0 Å². The zero-order valence-corrected chi connectivity index (χ0v) is 15.5. The van der Waals surface area contributed by atoms with Crippen LogP contribution >= 0.6 is 0 Å². The molecule has 0 radical (unpaired) electrons. The fraction of sp³-hybridized carbons (Fsp3) is 0.500. The molecule has 1 aromatic heterocycles. The van der Waals surface area contributed by atoms with Crippen molar-refractivity contribution < 1.29 is 13.9 Å². The minimum Gasteiger partial charge on any atom is -0.465 e. The van der Waals surface area contributed by atoms with Crippen molar-refractivity contribution in [1.82, 2.24) is 0 Å². The van der Waals surface area contributed by atoms with Gasteiger partial charge in [-0.05, 0) is 38.2 Å². The Morgan fingerprint density at radius 1 is 1.00 bits per heavy atom. The van der Waals surface area contributed by atoms with Crippen molar-refractivity contribution in [3.05, 3.63) is 54.9 Å². The number of Topliss-reactive ketones (excluding diaryl/α,β-unsaturated/α-hetero) is 1. The van der Waals surface area contributed by atoms with E-state index in [0.29, 0.717) is 18.3 Å². The fourth-order valence-electron chi connectivity index (χ4n) is 2.41. The highest BCUT2D eigenvalue weighted by atomic mass is 16.6. The first-order chi connectivity index (χ1) is 12.2. The van der Waals surface area contributed by atoms with Crippen LogP contribution in [0.1, 0.15) is 75.3 Å². The second-order valence-electron chi connectivity index (χ2n) is 6.14. The van der Waals surface area contributed by atoms with E-state index in [-0.39, 0.29) is 5.78 Å². The molecule has 0 fully saturated rings. The summed E-state index contributed by atoms with van der Waals surface area (Å²) in [6.45, 7) is 5.82. The summed E-state index contributed by atoms with van der Waals surface area (Å²) >= 11 is 0. The van der Waals surface area contributed by atoms with Gasteiger partial charge < -0.3 is 9.15 Å². The Morgan fingerprint density at radius 3 is 2.40 bits per heavy atom. The molecule has 0 saturated carbocycles. The number of rotatable bonds is 15. The maximum Gasteiger partial charge on any atom is 0.284 e. The second-order valence-corrected chi connectivity index (χ2v) is 6.14. The van der Waals surface area contributed by atoms with Gasteiger partial charge in [0.05, 0.1) is 6.61 Å². The lowest BCUT2D eigenvalue weighted by molar-refractivity contribution is 0.0978. The Kier molecular flexibility index (Phi) is 12.0. The number of allylic oxidation sites excluding steroid dienone is 5. The average molecular weight is 344 g/mol. The van der Waals surface area contributed by atoms with Crippen molar-refractivity contribution in [3.63, 3.8) is 0 Å². The summed E-state index contributed by atoms with van der Waals surface area (Å²) in [6, 6.07) is 3.36. The molecule has 0 aliphatic carbocycles. The lowest BCUT2D eigenvalue weighted by Gasteiger charge is -2.03. The number of hydrogen-bond donors (Lipinski definition) is 0. The van der Waals surface area contributed by atoms with Crippen LogP contribution in [0.2, 0.25) is 0 Å². The predicted molar refractivity (Wildman–Crippen MR) is 104 cm³/mol. The minimum absolute atomic E-state index is 0.0751. The largest absolute Gasteiger partial charge is 0.465 e. The molecule has 0 aromatic carbocycles. The number of ether oxygens (including phenoxy) is 1. The van der Waals surface area contributed by atoms with Crippen molar-refractivity contribution in [2.75, 3.05) is 6.61 Å². The van der Waals surface area contributed by atoms with Gasteiger partial charge in [-0.3, -0.25) is 4.79 Å². The van der Waals surface area contributed by atoms with Gasteiger partial charge >= 0.3 is 0 Å². The molecule has 0 spiro atoms. The highest BCUT2D eigenvalue weighted by Crippen LogP contribution is 2.17. The quantitative estimate of drug-likeness (QED) is 0.203. The summed E-state index contributed by atoms with van der Waals surface area (Å²) in [5.41, 5.74) is 0. The summed E-state index contributed by atoms with van der Waals surface area (Å²) in [5, 5.41) is 0. The Morgan fingerprint density at radius 2 is 1.68 bits per heavy atom. The van der Waals surface area contributed by atoms with Gasteiger partial charge in [-0.2, -0.15) is 0 Å². The van der Waals surface area contributed by atoms with Gasteiger partial charge in [-0.15, -0.1) is 6.58 Å². The van der Waals surface area contributed by atoms with Crippen LogP contribution in [0, 0.1) is 0 Å². The molecule has 1 heterocycles. The molecule has 0 saturated heterocycles. The van der Waals surface area contributed by atoms with Gasteiger partial charge in [0.1, 0.15) is 0 Å². The normalized spacial score (nSPS) is 11.4. The van der Waals surface area contributed by atoms with Crippen LogP contribution in [0.5, 0.6) is 5.95 Å². The first-order valence-electron chi connectivity index (χ1n) is 9.38. The topological polar surface area (TPSA) is 39.4 Å². The second kappa shape index (κ2) is 14.3. The van der Waals surface area contributed by atoms with Crippen molar-refractivity contribution in [3.8, 4) is 5.95 Å². The number of unbranched alkanes of at least 4 members (excludes halogenated alkanes) is 6. The van der Waals surface area contributed by atoms with Crippen molar-refractivity contribution in [1.29, 1.82) is 0 Å². The van der Waals surface area contributed by atoms with E-state index in [1.807, 2.05) is 6.08 Å². The summed E-state index contributed by atoms with van der Waals surface area (Å²) in [4.78, 5) is 11.1. The smallest absolute Gasteiger partial charge is 0.284 e. The molecule has 0 unspecified atom stereocenters. The van der Waals surface area contributed by atoms with Crippen LogP contribution < -0.4 is 4.74 Å². The average Bonchev–Trinajstić information content (AvgIpc) is 3.07. The van der Waals surface area contributed by atoms with Gasteiger partial charge in [-0.1, -0.05) is 56.1 Å². The Balaban J connectivity index is 1.87. The fourth-order valence-corrected chi connectivity index (χ4v) is 2.41. The van der Waals surface area contributed by atoms with Gasteiger partial charge in [0.15, 0.2) is 11.5 Å². The van der Waals surface area contributed by atoms with E-state index >= 15 is 0 Å². The van der Waals surface area contributed by atoms with E-state index in [0.717, 1.165) is 19.3 Å². The third-order valence-electron chi connectivity index (χ3n) is 3.85. The summed E-state index contributed by atoms with van der Waals surface area (Å²) in [7, 11) is 0. The van der Waals surface area contributed by atoms with Crippen LogP contribution in [-0.4, -0.2) is 12.4 Å². The maximum absolute atomic E-state index is 11.1. The molecule has 1 rings (SSSR count). The van der Waals surface area contributed by atoms with Gasteiger partial charge in [0.25, 0.3) is 5.95 Å². The number of carbonyl (C=O) groups is 1. The predicted octanol–water partition coefficient (Wildman–Crippen LogP) is 6.67.